The molecule has 1 heterocycles. The van der Waals surface area contributed by atoms with Gasteiger partial charge in [0.25, 0.3) is 5.91 Å². The minimum absolute atomic E-state index is 0.00139. The molecule has 3 rings (SSSR count). The van der Waals surface area contributed by atoms with Crippen molar-refractivity contribution in [2.75, 3.05) is 12.0 Å². The van der Waals surface area contributed by atoms with E-state index in [1.165, 1.54) is 0 Å². The number of para-hydroxylation sites is 2. The van der Waals surface area contributed by atoms with Crippen LogP contribution in [0, 0.1) is 0 Å². The Morgan fingerprint density at radius 1 is 1.10 bits per heavy atom. The van der Waals surface area contributed by atoms with E-state index in [2.05, 4.69) is 10.4 Å². The molecule has 0 aliphatic carbocycles. The largest absolute Gasteiger partial charge is 0.367 e. The molecular formula is C16H15N3O2. The van der Waals surface area contributed by atoms with E-state index < -0.39 is 0 Å². The number of rotatable bonds is 5. The van der Waals surface area contributed by atoms with Gasteiger partial charge < -0.3 is 4.74 Å². The second-order valence-electron chi connectivity index (χ2n) is 4.62. The number of carbonyl (C=O) groups excluding carboxylic acids is 1. The highest BCUT2D eigenvalue weighted by atomic mass is 16.5. The van der Waals surface area contributed by atoms with E-state index in [0.717, 1.165) is 16.6 Å². The Morgan fingerprint density at radius 2 is 1.86 bits per heavy atom. The smallest absolute Gasteiger partial charge is 0.264 e. The van der Waals surface area contributed by atoms with Gasteiger partial charge in [0.05, 0.1) is 17.6 Å². The SMILES string of the molecule is O=C(COCc1ccccc1)Nn1cnc2ccccc21. The third-order valence-electron chi connectivity index (χ3n) is 3.04. The lowest BCUT2D eigenvalue weighted by atomic mass is 10.2. The maximum Gasteiger partial charge on any atom is 0.264 e. The van der Waals surface area contributed by atoms with Gasteiger partial charge >= 0.3 is 0 Å². The monoisotopic (exact) mass is 281 g/mol. The van der Waals surface area contributed by atoms with Crippen LogP contribution in [0.1, 0.15) is 5.56 Å². The van der Waals surface area contributed by atoms with Crippen molar-refractivity contribution in [1.82, 2.24) is 9.66 Å². The number of hydrogen-bond acceptors (Lipinski definition) is 3. The van der Waals surface area contributed by atoms with E-state index in [4.69, 9.17) is 4.74 Å². The van der Waals surface area contributed by atoms with Gasteiger partial charge in [-0.15, -0.1) is 0 Å². The van der Waals surface area contributed by atoms with Crippen molar-refractivity contribution in [2.45, 2.75) is 6.61 Å². The quantitative estimate of drug-likeness (QED) is 0.781. The molecule has 0 radical (unpaired) electrons. The molecular weight excluding hydrogens is 266 g/mol. The van der Waals surface area contributed by atoms with Crippen molar-refractivity contribution in [1.29, 1.82) is 0 Å². The second-order valence-corrected chi connectivity index (χ2v) is 4.62. The molecule has 0 saturated heterocycles. The number of carbonyl (C=O) groups is 1. The third-order valence-corrected chi connectivity index (χ3v) is 3.04. The predicted molar refractivity (Wildman–Crippen MR) is 80.2 cm³/mol. The number of hydrogen-bond donors (Lipinski definition) is 1. The molecule has 1 aromatic heterocycles. The van der Waals surface area contributed by atoms with E-state index in [9.17, 15) is 4.79 Å². The summed E-state index contributed by atoms with van der Waals surface area (Å²) in [6, 6.07) is 17.3. The number of fused-ring (bicyclic) bond motifs is 1. The van der Waals surface area contributed by atoms with Crippen LogP contribution < -0.4 is 5.43 Å². The Kier molecular flexibility index (Phi) is 3.93. The van der Waals surface area contributed by atoms with Crippen LogP contribution in [-0.2, 0) is 16.1 Å². The number of ether oxygens (including phenoxy) is 1. The Balaban J connectivity index is 1.55. The molecule has 0 spiro atoms. The standard InChI is InChI=1S/C16H15N3O2/c20-16(11-21-10-13-6-2-1-3-7-13)18-19-12-17-14-8-4-5-9-15(14)19/h1-9,12H,10-11H2,(H,18,20). The van der Waals surface area contributed by atoms with Crippen LogP contribution >= 0.6 is 0 Å². The van der Waals surface area contributed by atoms with Crippen molar-refractivity contribution < 1.29 is 9.53 Å². The molecule has 1 amide bonds. The lowest BCUT2D eigenvalue weighted by Crippen LogP contribution is -2.26. The third kappa shape index (κ3) is 3.27. The fourth-order valence-corrected chi connectivity index (χ4v) is 2.05. The summed E-state index contributed by atoms with van der Waals surface area (Å²) in [6.45, 7) is 0.417. The minimum atomic E-state index is -0.214. The summed E-state index contributed by atoms with van der Waals surface area (Å²) in [4.78, 5) is 16.1. The minimum Gasteiger partial charge on any atom is -0.367 e. The van der Waals surface area contributed by atoms with E-state index >= 15 is 0 Å². The van der Waals surface area contributed by atoms with Crippen LogP contribution in [0.4, 0.5) is 0 Å². The molecule has 5 heteroatoms. The molecule has 0 bridgehead atoms. The molecule has 0 atom stereocenters. The number of benzene rings is 2. The molecule has 1 N–H and O–H groups in total. The molecule has 21 heavy (non-hydrogen) atoms. The number of amides is 1. The van der Waals surface area contributed by atoms with Gasteiger partial charge in [0.1, 0.15) is 12.9 Å². The number of aromatic nitrogens is 2. The summed E-state index contributed by atoms with van der Waals surface area (Å²) in [7, 11) is 0. The molecule has 3 aromatic rings. The summed E-state index contributed by atoms with van der Waals surface area (Å²) >= 11 is 0. The van der Waals surface area contributed by atoms with Crippen LogP contribution in [0.15, 0.2) is 60.9 Å². The summed E-state index contributed by atoms with van der Waals surface area (Å²) in [5.41, 5.74) is 5.47. The van der Waals surface area contributed by atoms with Crippen molar-refractivity contribution in [3.63, 3.8) is 0 Å². The molecule has 0 unspecified atom stereocenters. The van der Waals surface area contributed by atoms with Crippen LogP contribution in [0.25, 0.3) is 11.0 Å². The number of nitrogens with one attached hydrogen (secondary N) is 1. The lowest BCUT2D eigenvalue weighted by Gasteiger charge is -2.07. The summed E-state index contributed by atoms with van der Waals surface area (Å²) in [5, 5.41) is 0. The first kappa shape index (κ1) is 13.3. The number of imidazole rings is 1. The van der Waals surface area contributed by atoms with Crippen LogP contribution in [0.5, 0.6) is 0 Å². The van der Waals surface area contributed by atoms with Gasteiger partial charge in [0.15, 0.2) is 0 Å². The average molecular weight is 281 g/mol. The van der Waals surface area contributed by atoms with E-state index in [0.29, 0.717) is 6.61 Å². The van der Waals surface area contributed by atoms with E-state index in [1.807, 2.05) is 54.6 Å². The van der Waals surface area contributed by atoms with Crippen LogP contribution in [0.2, 0.25) is 0 Å². The predicted octanol–water partition coefficient (Wildman–Crippen LogP) is 2.32. The molecule has 0 aliphatic heterocycles. The van der Waals surface area contributed by atoms with Gasteiger partial charge in [0.2, 0.25) is 0 Å². The maximum atomic E-state index is 11.9. The second kappa shape index (κ2) is 6.19. The summed E-state index contributed by atoms with van der Waals surface area (Å²) < 4.78 is 7.00. The first-order chi connectivity index (χ1) is 10.3. The van der Waals surface area contributed by atoms with Crippen molar-refractivity contribution in [3.8, 4) is 0 Å². The topological polar surface area (TPSA) is 56.1 Å². The van der Waals surface area contributed by atoms with E-state index in [1.54, 1.807) is 11.0 Å². The highest BCUT2D eigenvalue weighted by Crippen LogP contribution is 2.09. The highest BCUT2D eigenvalue weighted by Gasteiger charge is 2.06. The molecule has 0 aliphatic rings. The van der Waals surface area contributed by atoms with Crippen molar-refractivity contribution in [3.05, 3.63) is 66.5 Å². The van der Waals surface area contributed by atoms with Gasteiger partial charge in [-0.3, -0.25) is 10.2 Å². The van der Waals surface area contributed by atoms with Crippen LogP contribution in [0.3, 0.4) is 0 Å². The van der Waals surface area contributed by atoms with E-state index in [-0.39, 0.29) is 12.5 Å². The van der Waals surface area contributed by atoms with Crippen LogP contribution in [-0.4, -0.2) is 22.2 Å². The van der Waals surface area contributed by atoms with Gasteiger partial charge in [-0.2, -0.15) is 0 Å². The zero-order valence-corrected chi connectivity index (χ0v) is 11.4. The molecule has 0 saturated carbocycles. The Hall–Kier alpha value is -2.66. The zero-order valence-electron chi connectivity index (χ0n) is 11.4. The average Bonchev–Trinajstić information content (AvgIpc) is 2.92. The van der Waals surface area contributed by atoms with Gasteiger partial charge in [-0.25, -0.2) is 9.66 Å². The Morgan fingerprint density at radius 3 is 2.71 bits per heavy atom. The highest BCUT2D eigenvalue weighted by molar-refractivity contribution is 5.87. The fraction of sp³-hybridized carbons (Fsp3) is 0.125. The zero-order chi connectivity index (χ0) is 14.5. The van der Waals surface area contributed by atoms with Crippen molar-refractivity contribution in [2.24, 2.45) is 0 Å². The summed E-state index contributed by atoms with van der Waals surface area (Å²) in [6.07, 6.45) is 1.58. The first-order valence-corrected chi connectivity index (χ1v) is 6.66. The molecule has 0 fully saturated rings. The Labute approximate surface area is 122 Å². The molecule has 106 valence electrons. The Bertz CT molecular complexity index is 737. The van der Waals surface area contributed by atoms with Gasteiger partial charge in [0, 0.05) is 0 Å². The fourth-order valence-electron chi connectivity index (χ4n) is 2.05. The van der Waals surface area contributed by atoms with Crippen molar-refractivity contribution >= 4 is 16.9 Å². The normalized spacial score (nSPS) is 10.7. The number of nitrogens with zero attached hydrogens (tertiary/aromatic N) is 2. The van der Waals surface area contributed by atoms with Gasteiger partial charge in [-0.05, 0) is 17.7 Å². The lowest BCUT2D eigenvalue weighted by molar-refractivity contribution is -0.121. The maximum absolute atomic E-state index is 11.9. The summed E-state index contributed by atoms with van der Waals surface area (Å²) in [5.74, 6) is -0.214. The first-order valence-electron chi connectivity index (χ1n) is 6.66. The van der Waals surface area contributed by atoms with Gasteiger partial charge in [-0.1, -0.05) is 42.5 Å². The molecule has 2 aromatic carbocycles. The molecule has 5 nitrogen and oxygen atoms in total.